The lowest BCUT2D eigenvalue weighted by Crippen LogP contribution is -2.40. The zero-order valence-electron chi connectivity index (χ0n) is 20.8. The number of rotatable bonds is 5. The lowest BCUT2D eigenvalue weighted by atomic mass is 9.93. The summed E-state index contributed by atoms with van der Waals surface area (Å²) in [7, 11) is 0. The minimum atomic E-state index is -2.60. The average molecular weight is 494 g/mol. The summed E-state index contributed by atoms with van der Waals surface area (Å²) in [5.41, 5.74) is 12.1. The molecule has 4 heterocycles. The van der Waals surface area contributed by atoms with E-state index in [0.717, 1.165) is 53.5 Å². The van der Waals surface area contributed by atoms with Crippen molar-refractivity contribution in [3.8, 4) is 16.9 Å². The Balaban J connectivity index is 1.29. The zero-order valence-corrected chi connectivity index (χ0v) is 20.8. The summed E-state index contributed by atoms with van der Waals surface area (Å²) in [5, 5.41) is 4.68. The molecule has 6 rings (SSSR count). The van der Waals surface area contributed by atoms with Gasteiger partial charge in [0.05, 0.1) is 23.3 Å². The summed E-state index contributed by atoms with van der Waals surface area (Å²) in [6, 6.07) is 7.95. The normalized spacial score (nSPS) is 20.6. The van der Waals surface area contributed by atoms with Gasteiger partial charge in [0.15, 0.2) is 0 Å². The van der Waals surface area contributed by atoms with Gasteiger partial charge in [0, 0.05) is 62.2 Å². The fraction of sp³-hybridized carbons (Fsp3) is 0.519. The Kier molecular flexibility index (Phi) is 5.61. The second-order valence-electron chi connectivity index (χ2n) is 10.6. The maximum absolute atomic E-state index is 13.7. The first-order valence-corrected chi connectivity index (χ1v) is 13.0. The third kappa shape index (κ3) is 4.51. The van der Waals surface area contributed by atoms with Crippen molar-refractivity contribution < 1.29 is 8.78 Å². The highest BCUT2D eigenvalue weighted by atomic mass is 19.3. The predicted octanol–water partition coefficient (Wildman–Crippen LogP) is 5.09. The van der Waals surface area contributed by atoms with Crippen LogP contribution >= 0.6 is 0 Å². The monoisotopic (exact) mass is 493 g/mol. The molecule has 3 aromatic rings. The molecule has 7 nitrogen and oxygen atoms in total. The Labute approximate surface area is 210 Å². The molecule has 1 spiro atoms. The Hall–Kier alpha value is -3.23. The highest BCUT2D eigenvalue weighted by Crippen LogP contribution is 2.54. The van der Waals surface area contributed by atoms with Gasteiger partial charge in [0.2, 0.25) is 5.95 Å². The van der Waals surface area contributed by atoms with Gasteiger partial charge in [0.1, 0.15) is 0 Å². The van der Waals surface area contributed by atoms with E-state index in [0.29, 0.717) is 11.4 Å². The molecule has 1 saturated carbocycles. The first-order chi connectivity index (χ1) is 17.3. The molecule has 3 aliphatic rings. The minimum Gasteiger partial charge on any atom is -0.399 e. The molecule has 2 saturated heterocycles. The molecular weight excluding hydrogens is 460 g/mol. The number of aryl methyl sites for hydroxylation is 1. The highest BCUT2D eigenvalue weighted by molar-refractivity contribution is 5.69. The first-order valence-electron chi connectivity index (χ1n) is 13.0. The van der Waals surface area contributed by atoms with Crippen molar-refractivity contribution in [2.45, 2.75) is 57.8 Å². The van der Waals surface area contributed by atoms with Crippen LogP contribution < -0.4 is 15.5 Å². The predicted molar refractivity (Wildman–Crippen MR) is 138 cm³/mol. The SMILES string of the molecule is CCc1cc(-c2cnn(-c3ccc(N)cc3N3CCC4(CC3)CC4)c2)nc(N2CCC(F)(F)CC2)n1. The Morgan fingerprint density at radius 3 is 2.31 bits per heavy atom. The molecule has 2 N–H and O–H groups in total. The van der Waals surface area contributed by atoms with Gasteiger partial charge in [-0.1, -0.05) is 6.92 Å². The summed E-state index contributed by atoms with van der Waals surface area (Å²) < 4.78 is 29.3. The maximum Gasteiger partial charge on any atom is 0.251 e. The molecule has 0 unspecified atom stereocenters. The van der Waals surface area contributed by atoms with Crippen molar-refractivity contribution in [3.63, 3.8) is 0 Å². The van der Waals surface area contributed by atoms with E-state index >= 15 is 0 Å². The summed E-state index contributed by atoms with van der Waals surface area (Å²) >= 11 is 0. The molecule has 2 aliphatic heterocycles. The summed E-state index contributed by atoms with van der Waals surface area (Å²) in [6.07, 6.45) is 9.40. The lowest BCUT2D eigenvalue weighted by molar-refractivity contribution is -0.0222. The number of halogens is 2. The van der Waals surface area contributed by atoms with Crippen molar-refractivity contribution in [1.29, 1.82) is 0 Å². The largest absolute Gasteiger partial charge is 0.399 e. The number of nitrogen functional groups attached to an aromatic ring is 1. The van der Waals surface area contributed by atoms with Crippen molar-refractivity contribution in [2.75, 3.05) is 41.7 Å². The van der Waals surface area contributed by atoms with Crippen molar-refractivity contribution >= 4 is 17.3 Å². The molecule has 0 radical (unpaired) electrons. The Morgan fingerprint density at radius 2 is 1.61 bits per heavy atom. The average Bonchev–Trinajstić information content (AvgIpc) is 3.44. The van der Waals surface area contributed by atoms with Gasteiger partial charge in [-0.15, -0.1) is 0 Å². The topological polar surface area (TPSA) is 76.1 Å². The number of benzene rings is 1. The number of aromatic nitrogens is 4. The van der Waals surface area contributed by atoms with Crippen molar-refractivity contribution in [3.05, 3.63) is 42.4 Å². The van der Waals surface area contributed by atoms with Crippen molar-refractivity contribution in [1.82, 2.24) is 19.7 Å². The highest BCUT2D eigenvalue weighted by Gasteiger charge is 2.44. The van der Waals surface area contributed by atoms with Crippen LogP contribution in [0.3, 0.4) is 0 Å². The Morgan fingerprint density at radius 1 is 0.889 bits per heavy atom. The molecular formula is C27H33F2N7. The van der Waals surface area contributed by atoms with Gasteiger partial charge in [0.25, 0.3) is 5.92 Å². The third-order valence-corrected chi connectivity index (χ3v) is 8.15. The summed E-state index contributed by atoms with van der Waals surface area (Å²) in [6.45, 7) is 4.62. The number of alkyl halides is 2. The lowest BCUT2D eigenvalue weighted by Gasteiger charge is -2.35. The van der Waals surface area contributed by atoms with E-state index in [1.165, 1.54) is 25.7 Å². The van der Waals surface area contributed by atoms with Gasteiger partial charge in [-0.05, 0) is 61.8 Å². The smallest absolute Gasteiger partial charge is 0.251 e. The number of anilines is 3. The van der Waals surface area contributed by atoms with Crippen LogP contribution in [-0.4, -0.2) is 51.8 Å². The van der Waals surface area contributed by atoms with Crippen LogP contribution in [0.4, 0.5) is 26.1 Å². The van der Waals surface area contributed by atoms with E-state index in [2.05, 4.69) is 15.0 Å². The fourth-order valence-electron chi connectivity index (χ4n) is 5.46. The third-order valence-electron chi connectivity index (χ3n) is 8.15. The van der Waals surface area contributed by atoms with Gasteiger partial charge >= 0.3 is 0 Å². The van der Waals surface area contributed by atoms with E-state index in [4.69, 9.17) is 10.7 Å². The molecule has 9 heteroatoms. The quantitative estimate of drug-likeness (QED) is 0.499. The van der Waals surface area contributed by atoms with Gasteiger partial charge in [-0.3, -0.25) is 0 Å². The number of piperidine rings is 2. The first kappa shape index (κ1) is 23.2. The fourth-order valence-corrected chi connectivity index (χ4v) is 5.46. The van der Waals surface area contributed by atoms with E-state index in [1.807, 2.05) is 53.2 Å². The van der Waals surface area contributed by atoms with E-state index < -0.39 is 5.92 Å². The van der Waals surface area contributed by atoms with Crippen LogP contribution in [0.15, 0.2) is 36.7 Å². The molecule has 1 aromatic carbocycles. The molecule has 0 amide bonds. The van der Waals surface area contributed by atoms with E-state index in [1.54, 1.807) is 0 Å². The Bertz CT molecular complexity index is 1250. The van der Waals surface area contributed by atoms with Crippen LogP contribution in [-0.2, 0) is 6.42 Å². The molecule has 36 heavy (non-hydrogen) atoms. The number of nitrogens with zero attached hydrogens (tertiary/aromatic N) is 6. The van der Waals surface area contributed by atoms with Crippen LogP contribution in [0, 0.1) is 5.41 Å². The maximum atomic E-state index is 13.7. The molecule has 3 fully saturated rings. The van der Waals surface area contributed by atoms with Crippen LogP contribution in [0.25, 0.3) is 16.9 Å². The van der Waals surface area contributed by atoms with E-state index in [-0.39, 0.29) is 25.9 Å². The molecule has 2 aromatic heterocycles. The summed E-state index contributed by atoms with van der Waals surface area (Å²) in [4.78, 5) is 13.7. The van der Waals surface area contributed by atoms with Gasteiger partial charge in [-0.2, -0.15) is 5.10 Å². The van der Waals surface area contributed by atoms with Crippen molar-refractivity contribution in [2.24, 2.45) is 5.41 Å². The van der Waals surface area contributed by atoms with Crippen LogP contribution in [0.5, 0.6) is 0 Å². The van der Waals surface area contributed by atoms with Gasteiger partial charge < -0.3 is 15.5 Å². The minimum absolute atomic E-state index is 0.169. The number of hydrogen-bond acceptors (Lipinski definition) is 6. The van der Waals surface area contributed by atoms with Gasteiger partial charge in [-0.25, -0.2) is 23.4 Å². The molecule has 0 bridgehead atoms. The number of nitrogens with two attached hydrogens (primary N) is 1. The molecule has 190 valence electrons. The van der Waals surface area contributed by atoms with Crippen LogP contribution in [0.1, 0.15) is 51.1 Å². The zero-order chi connectivity index (χ0) is 24.9. The summed E-state index contributed by atoms with van der Waals surface area (Å²) in [5.74, 6) is -2.09. The molecule has 1 aliphatic carbocycles. The van der Waals surface area contributed by atoms with Crippen LogP contribution in [0.2, 0.25) is 0 Å². The van der Waals surface area contributed by atoms with E-state index in [9.17, 15) is 8.78 Å². The second kappa shape index (κ2) is 8.71. The standard InChI is InChI=1S/C27H33F2N7/c1-2-21-16-22(33-25(32-21)35-13-9-27(28,29)10-14-35)19-17-31-36(18-19)23-4-3-20(30)15-24(23)34-11-7-26(5-6-26)8-12-34/h3-4,15-18H,2,5-14,30H2,1H3. The second-order valence-corrected chi connectivity index (χ2v) is 10.6. The number of hydrogen-bond donors (Lipinski definition) is 1. The molecule has 0 atom stereocenters.